The molecule has 1 aliphatic rings. The fourth-order valence-electron chi connectivity index (χ4n) is 2.78. The molecular formula is C15H26N4O. The highest BCUT2D eigenvalue weighted by atomic mass is 16.1. The van der Waals surface area contributed by atoms with E-state index in [1.807, 2.05) is 6.20 Å². The summed E-state index contributed by atoms with van der Waals surface area (Å²) >= 11 is 0. The van der Waals surface area contributed by atoms with Gasteiger partial charge in [-0.15, -0.1) is 0 Å². The summed E-state index contributed by atoms with van der Waals surface area (Å²) in [4.78, 5) is 14.3. The van der Waals surface area contributed by atoms with Crippen molar-refractivity contribution >= 4 is 5.91 Å². The van der Waals surface area contributed by atoms with Crippen molar-refractivity contribution in [1.29, 1.82) is 0 Å². The third-order valence-corrected chi connectivity index (χ3v) is 3.78. The molecule has 1 aliphatic heterocycles. The highest BCUT2D eigenvalue weighted by Crippen LogP contribution is 2.16. The second kappa shape index (κ2) is 7.43. The van der Waals surface area contributed by atoms with Crippen LogP contribution in [0.5, 0.6) is 0 Å². The normalized spacial score (nSPS) is 19.6. The van der Waals surface area contributed by atoms with Crippen molar-refractivity contribution in [2.75, 3.05) is 26.2 Å². The number of aromatic nitrogens is 2. The van der Waals surface area contributed by atoms with E-state index < -0.39 is 0 Å². The van der Waals surface area contributed by atoms with Crippen LogP contribution in [-0.4, -0.2) is 47.2 Å². The Kier molecular flexibility index (Phi) is 5.59. The van der Waals surface area contributed by atoms with Crippen LogP contribution in [0.25, 0.3) is 0 Å². The number of H-pyrrole nitrogens is 1. The van der Waals surface area contributed by atoms with Crippen LogP contribution in [0.2, 0.25) is 0 Å². The summed E-state index contributed by atoms with van der Waals surface area (Å²) < 4.78 is 0. The van der Waals surface area contributed by atoms with Gasteiger partial charge in [0, 0.05) is 32.3 Å². The fraction of sp³-hybridized carbons (Fsp3) is 0.733. The molecule has 2 heterocycles. The summed E-state index contributed by atoms with van der Waals surface area (Å²) in [6.07, 6.45) is 6.12. The molecule has 1 fully saturated rings. The van der Waals surface area contributed by atoms with Gasteiger partial charge in [-0.1, -0.05) is 13.8 Å². The zero-order valence-corrected chi connectivity index (χ0v) is 12.6. The summed E-state index contributed by atoms with van der Waals surface area (Å²) in [6.45, 7) is 8.80. The molecule has 2 rings (SSSR count). The number of aromatic amines is 1. The first kappa shape index (κ1) is 15.0. The van der Waals surface area contributed by atoms with Gasteiger partial charge in [-0.25, -0.2) is 0 Å². The van der Waals surface area contributed by atoms with Gasteiger partial charge in [0.2, 0.25) is 5.91 Å². The SMILES string of the molecule is CC(C)CN1CCC(CNC(=O)CCc2cn[nH]c2)C1. The third-order valence-electron chi connectivity index (χ3n) is 3.78. The number of carbonyl (C=O) groups excluding carboxylic acids is 1. The number of amides is 1. The molecule has 1 unspecified atom stereocenters. The molecule has 0 aromatic carbocycles. The van der Waals surface area contributed by atoms with Crippen LogP contribution in [0.15, 0.2) is 12.4 Å². The molecule has 1 atom stereocenters. The van der Waals surface area contributed by atoms with Gasteiger partial charge in [0.25, 0.3) is 0 Å². The number of aryl methyl sites for hydroxylation is 1. The Morgan fingerprint density at radius 3 is 3.15 bits per heavy atom. The monoisotopic (exact) mass is 278 g/mol. The van der Waals surface area contributed by atoms with E-state index in [2.05, 4.69) is 34.3 Å². The predicted molar refractivity (Wildman–Crippen MR) is 79.3 cm³/mol. The maximum absolute atomic E-state index is 11.8. The largest absolute Gasteiger partial charge is 0.356 e. The van der Waals surface area contributed by atoms with Gasteiger partial charge in [0.15, 0.2) is 0 Å². The Balaban J connectivity index is 1.59. The van der Waals surface area contributed by atoms with Crippen molar-refractivity contribution in [1.82, 2.24) is 20.4 Å². The molecule has 1 aromatic heterocycles. The topological polar surface area (TPSA) is 61.0 Å². The molecule has 5 heteroatoms. The van der Waals surface area contributed by atoms with E-state index in [0.29, 0.717) is 12.3 Å². The molecule has 112 valence electrons. The molecule has 1 amide bonds. The van der Waals surface area contributed by atoms with Gasteiger partial charge in [0.1, 0.15) is 0 Å². The highest BCUT2D eigenvalue weighted by Gasteiger charge is 2.22. The van der Waals surface area contributed by atoms with Crippen molar-refractivity contribution in [3.63, 3.8) is 0 Å². The molecule has 0 aliphatic carbocycles. The average molecular weight is 278 g/mol. The van der Waals surface area contributed by atoms with Gasteiger partial charge in [-0.3, -0.25) is 9.89 Å². The fourth-order valence-corrected chi connectivity index (χ4v) is 2.78. The van der Waals surface area contributed by atoms with E-state index >= 15 is 0 Å². The summed E-state index contributed by atoms with van der Waals surface area (Å²) in [7, 11) is 0. The molecule has 0 radical (unpaired) electrons. The van der Waals surface area contributed by atoms with Gasteiger partial charge in [0.05, 0.1) is 6.20 Å². The second-order valence-corrected chi connectivity index (χ2v) is 6.22. The Morgan fingerprint density at radius 1 is 1.60 bits per heavy atom. The van der Waals surface area contributed by atoms with E-state index in [0.717, 1.165) is 31.0 Å². The number of nitrogens with one attached hydrogen (secondary N) is 2. The molecule has 0 spiro atoms. The molecule has 0 bridgehead atoms. The smallest absolute Gasteiger partial charge is 0.220 e. The Hall–Kier alpha value is -1.36. The minimum absolute atomic E-state index is 0.147. The lowest BCUT2D eigenvalue weighted by atomic mass is 10.1. The lowest BCUT2D eigenvalue weighted by Crippen LogP contribution is -2.32. The standard InChI is InChI=1S/C15H26N4O/c1-12(2)10-19-6-5-14(11-19)7-16-15(20)4-3-13-8-17-18-9-13/h8-9,12,14H,3-7,10-11H2,1-2H3,(H,16,20)(H,17,18). The lowest BCUT2D eigenvalue weighted by molar-refractivity contribution is -0.121. The number of likely N-dealkylation sites (tertiary alicyclic amines) is 1. The van der Waals surface area contributed by atoms with Crippen LogP contribution in [-0.2, 0) is 11.2 Å². The van der Waals surface area contributed by atoms with Crippen molar-refractivity contribution in [3.05, 3.63) is 18.0 Å². The van der Waals surface area contributed by atoms with E-state index in [-0.39, 0.29) is 5.91 Å². The number of hydrogen-bond acceptors (Lipinski definition) is 3. The molecule has 20 heavy (non-hydrogen) atoms. The van der Waals surface area contributed by atoms with E-state index in [4.69, 9.17) is 0 Å². The van der Waals surface area contributed by atoms with Gasteiger partial charge >= 0.3 is 0 Å². The molecule has 2 N–H and O–H groups in total. The Bertz CT molecular complexity index is 402. The maximum Gasteiger partial charge on any atom is 0.220 e. The first-order valence-corrected chi connectivity index (χ1v) is 7.60. The van der Waals surface area contributed by atoms with Gasteiger partial charge in [-0.05, 0) is 36.8 Å². The summed E-state index contributed by atoms with van der Waals surface area (Å²) in [6, 6.07) is 0. The number of carbonyl (C=O) groups is 1. The number of hydrogen-bond donors (Lipinski definition) is 2. The van der Waals surface area contributed by atoms with E-state index in [9.17, 15) is 4.79 Å². The predicted octanol–water partition coefficient (Wildman–Crippen LogP) is 1.44. The van der Waals surface area contributed by atoms with Crippen molar-refractivity contribution in [3.8, 4) is 0 Å². The zero-order chi connectivity index (χ0) is 14.4. The van der Waals surface area contributed by atoms with Crippen molar-refractivity contribution < 1.29 is 4.79 Å². The number of rotatable bonds is 7. The summed E-state index contributed by atoms with van der Waals surface area (Å²) in [5.41, 5.74) is 1.09. The van der Waals surface area contributed by atoms with E-state index in [1.165, 1.54) is 19.5 Å². The summed E-state index contributed by atoms with van der Waals surface area (Å²) in [5, 5.41) is 9.71. The first-order chi connectivity index (χ1) is 9.63. The highest BCUT2D eigenvalue weighted by molar-refractivity contribution is 5.76. The van der Waals surface area contributed by atoms with Crippen LogP contribution in [0.4, 0.5) is 0 Å². The quantitative estimate of drug-likeness (QED) is 0.793. The Labute approximate surface area is 121 Å². The second-order valence-electron chi connectivity index (χ2n) is 6.22. The lowest BCUT2D eigenvalue weighted by Gasteiger charge is -2.18. The summed E-state index contributed by atoms with van der Waals surface area (Å²) in [5.74, 6) is 1.48. The van der Waals surface area contributed by atoms with E-state index in [1.54, 1.807) is 6.20 Å². The van der Waals surface area contributed by atoms with Gasteiger partial charge in [-0.2, -0.15) is 5.10 Å². The van der Waals surface area contributed by atoms with Gasteiger partial charge < -0.3 is 10.2 Å². The molecular weight excluding hydrogens is 252 g/mol. The van der Waals surface area contributed by atoms with Crippen LogP contribution in [0.1, 0.15) is 32.3 Å². The molecule has 1 aromatic rings. The first-order valence-electron chi connectivity index (χ1n) is 7.60. The van der Waals surface area contributed by atoms with Crippen molar-refractivity contribution in [2.24, 2.45) is 11.8 Å². The number of nitrogens with zero attached hydrogens (tertiary/aromatic N) is 2. The van der Waals surface area contributed by atoms with Crippen LogP contribution in [0, 0.1) is 11.8 Å². The molecule has 0 saturated carbocycles. The van der Waals surface area contributed by atoms with Crippen LogP contribution < -0.4 is 5.32 Å². The maximum atomic E-state index is 11.8. The third kappa shape index (κ3) is 4.96. The minimum Gasteiger partial charge on any atom is -0.356 e. The van der Waals surface area contributed by atoms with Crippen LogP contribution >= 0.6 is 0 Å². The zero-order valence-electron chi connectivity index (χ0n) is 12.6. The average Bonchev–Trinajstić information content (AvgIpc) is 3.04. The van der Waals surface area contributed by atoms with Crippen LogP contribution in [0.3, 0.4) is 0 Å². The Morgan fingerprint density at radius 2 is 2.45 bits per heavy atom. The molecule has 5 nitrogen and oxygen atoms in total. The minimum atomic E-state index is 0.147. The van der Waals surface area contributed by atoms with Crippen molar-refractivity contribution in [2.45, 2.75) is 33.1 Å². The molecule has 1 saturated heterocycles.